The van der Waals surface area contributed by atoms with E-state index >= 15 is 0 Å². The van der Waals surface area contributed by atoms with Crippen molar-refractivity contribution in [3.05, 3.63) is 23.2 Å². The van der Waals surface area contributed by atoms with Gasteiger partial charge in [0.05, 0.1) is 6.54 Å². The average molecular weight is 293 g/mol. The van der Waals surface area contributed by atoms with Crippen LogP contribution in [0.2, 0.25) is 0 Å². The number of halogens is 3. The molecule has 5 nitrogen and oxygen atoms in total. The highest BCUT2D eigenvalue weighted by Gasteiger charge is 2.32. The van der Waals surface area contributed by atoms with Gasteiger partial charge in [-0.1, -0.05) is 0 Å². The Morgan fingerprint density at radius 3 is 2.55 bits per heavy atom. The number of furan rings is 1. The van der Waals surface area contributed by atoms with Crippen molar-refractivity contribution in [3.8, 4) is 0 Å². The smallest absolute Gasteiger partial charge is 0.401 e. The van der Waals surface area contributed by atoms with Crippen LogP contribution in [-0.4, -0.2) is 29.6 Å². The summed E-state index contributed by atoms with van der Waals surface area (Å²) in [5.41, 5.74) is 2.44. The van der Waals surface area contributed by atoms with Gasteiger partial charge in [-0.3, -0.25) is 15.1 Å². The molecule has 1 aromatic heterocycles. The zero-order valence-corrected chi connectivity index (χ0v) is 11.5. The van der Waals surface area contributed by atoms with Gasteiger partial charge in [0, 0.05) is 18.2 Å². The van der Waals surface area contributed by atoms with E-state index in [4.69, 9.17) is 10.3 Å². The van der Waals surface area contributed by atoms with Gasteiger partial charge in [-0.2, -0.15) is 13.2 Å². The van der Waals surface area contributed by atoms with Crippen LogP contribution in [0, 0.1) is 6.92 Å². The van der Waals surface area contributed by atoms with Crippen LogP contribution in [-0.2, 0) is 6.54 Å². The largest absolute Gasteiger partial charge is 0.456 e. The summed E-state index contributed by atoms with van der Waals surface area (Å²) >= 11 is 0. The van der Waals surface area contributed by atoms with E-state index in [9.17, 15) is 18.0 Å². The summed E-state index contributed by atoms with van der Waals surface area (Å²) < 4.78 is 42.7. The van der Waals surface area contributed by atoms with E-state index in [2.05, 4.69) is 0 Å². The van der Waals surface area contributed by atoms with Gasteiger partial charge in [-0.15, -0.1) is 0 Å². The molecule has 0 radical (unpaired) electrons. The average Bonchev–Trinajstić information content (AvgIpc) is 2.67. The Bertz CT molecular complexity index is 469. The molecule has 3 N–H and O–H groups in total. The highest BCUT2D eigenvalue weighted by atomic mass is 19.4. The molecule has 0 saturated heterocycles. The molecule has 0 fully saturated rings. The molecule has 1 aromatic rings. The lowest BCUT2D eigenvalue weighted by Crippen LogP contribution is -2.38. The number of hydrogen-bond acceptors (Lipinski definition) is 4. The number of carbonyl (C=O) groups excluding carboxylic acids is 1. The van der Waals surface area contributed by atoms with E-state index in [1.54, 1.807) is 20.8 Å². The van der Waals surface area contributed by atoms with E-state index in [1.807, 2.05) is 5.43 Å². The van der Waals surface area contributed by atoms with Gasteiger partial charge in [0.25, 0.3) is 0 Å². The van der Waals surface area contributed by atoms with Crippen molar-refractivity contribution in [2.45, 2.75) is 39.5 Å². The molecule has 0 bridgehead atoms. The minimum absolute atomic E-state index is 0.0179. The molecule has 20 heavy (non-hydrogen) atoms. The van der Waals surface area contributed by atoms with Crippen LogP contribution in [0.4, 0.5) is 13.2 Å². The fraction of sp³-hybridized carbons (Fsp3) is 0.583. The number of nitrogen functional groups attached to an aromatic ring is 1. The number of aryl methyl sites for hydroxylation is 1. The fourth-order valence-corrected chi connectivity index (χ4v) is 1.73. The van der Waals surface area contributed by atoms with Crippen LogP contribution in [0.5, 0.6) is 0 Å². The van der Waals surface area contributed by atoms with E-state index < -0.39 is 18.6 Å². The molecule has 8 heteroatoms. The number of nitrogens with one attached hydrogen (secondary N) is 1. The molecular formula is C12H18F3N3O2. The van der Waals surface area contributed by atoms with Gasteiger partial charge in [-0.05, 0) is 26.8 Å². The molecule has 0 aliphatic heterocycles. The Hall–Kier alpha value is -1.54. The summed E-state index contributed by atoms with van der Waals surface area (Å²) in [4.78, 5) is 12.6. The van der Waals surface area contributed by atoms with Crippen LogP contribution in [0.1, 0.15) is 35.7 Å². The molecule has 1 rings (SSSR count). The van der Waals surface area contributed by atoms with E-state index in [0.717, 1.165) is 0 Å². The molecule has 1 heterocycles. The van der Waals surface area contributed by atoms with E-state index in [0.29, 0.717) is 11.3 Å². The zero-order chi connectivity index (χ0) is 15.5. The first-order chi connectivity index (χ1) is 9.14. The van der Waals surface area contributed by atoms with Crippen molar-refractivity contribution in [2.24, 2.45) is 5.84 Å². The first-order valence-electron chi connectivity index (χ1n) is 6.05. The SMILES string of the molecule is Cc1oc(C(=O)NN)cc1CN(CC(F)(F)F)C(C)C. The predicted octanol–water partition coefficient (Wildman–Crippen LogP) is 1.96. The van der Waals surface area contributed by atoms with Gasteiger partial charge >= 0.3 is 12.1 Å². The third-order valence-electron chi connectivity index (χ3n) is 2.86. The summed E-state index contributed by atoms with van der Waals surface area (Å²) in [6.45, 7) is 3.97. The van der Waals surface area contributed by atoms with Crippen molar-refractivity contribution >= 4 is 5.91 Å². The number of carbonyl (C=O) groups is 1. The molecule has 1 amide bonds. The normalized spacial score (nSPS) is 12.2. The maximum absolute atomic E-state index is 12.5. The standard InChI is InChI=1S/C12H18F3N3O2/c1-7(2)18(6-12(13,14)15)5-9-4-10(11(19)17-16)20-8(9)3/h4,7H,5-6,16H2,1-3H3,(H,17,19). The lowest BCUT2D eigenvalue weighted by atomic mass is 10.2. The van der Waals surface area contributed by atoms with Crippen LogP contribution in [0.15, 0.2) is 10.5 Å². The summed E-state index contributed by atoms with van der Waals surface area (Å²) in [7, 11) is 0. The van der Waals surface area contributed by atoms with Crippen molar-refractivity contribution in [2.75, 3.05) is 6.54 Å². The van der Waals surface area contributed by atoms with Crippen LogP contribution >= 0.6 is 0 Å². The molecule has 0 atom stereocenters. The van der Waals surface area contributed by atoms with Gasteiger partial charge in [0.15, 0.2) is 5.76 Å². The lowest BCUT2D eigenvalue weighted by Gasteiger charge is -2.27. The fourth-order valence-electron chi connectivity index (χ4n) is 1.73. The van der Waals surface area contributed by atoms with Crippen molar-refractivity contribution < 1.29 is 22.4 Å². The summed E-state index contributed by atoms with van der Waals surface area (Å²) in [6.07, 6.45) is -4.28. The minimum atomic E-state index is -4.28. The van der Waals surface area contributed by atoms with E-state index in [1.165, 1.54) is 11.0 Å². The van der Waals surface area contributed by atoms with Crippen molar-refractivity contribution in [1.29, 1.82) is 0 Å². The molecule has 0 aliphatic carbocycles. The number of amides is 1. The second-order valence-corrected chi connectivity index (χ2v) is 4.78. The third-order valence-corrected chi connectivity index (χ3v) is 2.86. The molecule has 0 saturated carbocycles. The quantitative estimate of drug-likeness (QED) is 0.494. The topological polar surface area (TPSA) is 71.5 Å². The number of nitrogens with zero attached hydrogens (tertiary/aromatic N) is 1. The number of hydrazine groups is 1. The number of nitrogens with two attached hydrogens (primary N) is 1. The zero-order valence-electron chi connectivity index (χ0n) is 11.5. The lowest BCUT2D eigenvalue weighted by molar-refractivity contribution is -0.150. The Kier molecular flexibility index (Phi) is 5.18. The number of rotatable bonds is 5. The van der Waals surface area contributed by atoms with Crippen LogP contribution in [0.25, 0.3) is 0 Å². The Morgan fingerprint density at radius 2 is 2.10 bits per heavy atom. The maximum atomic E-state index is 12.5. The molecule has 0 aliphatic rings. The van der Waals surface area contributed by atoms with Crippen LogP contribution in [0.3, 0.4) is 0 Å². The first kappa shape index (κ1) is 16.5. The number of hydrogen-bond donors (Lipinski definition) is 2. The van der Waals surface area contributed by atoms with Gasteiger partial charge < -0.3 is 4.42 Å². The monoisotopic (exact) mass is 293 g/mol. The van der Waals surface area contributed by atoms with Gasteiger partial charge in [0.1, 0.15) is 5.76 Å². The first-order valence-corrected chi connectivity index (χ1v) is 6.05. The van der Waals surface area contributed by atoms with Crippen molar-refractivity contribution in [3.63, 3.8) is 0 Å². The van der Waals surface area contributed by atoms with Crippen molar-refractivity contribution in [1.82, 2.24) is 10.3 Å². The molecule has 0 aromatic carbocycles. The third kappa shape index (κ3) is 4.53. The summed E-state index contributed by atoms with van der Waals surface area (Å²) in [6, 6.07) is 1.11. The maximum Gasteiger partial charge on any atom is 0.401 e. The molecular weight excluding hydrogens is 275 g/mol. The summed E-state index contributed by atoms with van der Waals surface area (Å²) in [5, 5.41) is 0. The second kappa shape index (κ2) is 6.27. The minimum Gasteiger partial charge on any atom is -0.456 e. The highest BCUT2D eigenvalue weighted by Crippen LogP contribution is 2.22. The Balaban J connectivity index is 2.89. The second-order valence-electron chi connectivity index (χ2n) is 4.78. The highest BCUT2D eigenvalue weighted by molar-refractivity contribution is 5.91. The molecule has 114 valence electrons. The van der Waals surface area contributed by atoms with Gasteiger partial charge in [0.2, 0.25) is 0 Å². The van der Waals surface area contributed by atoms with Crippen LogP contribution < -0.4 is 11.3 Å². The Morgan fingerprint density at radius 1 is 1.50 bits per heavy atom. The van der Waals surface area contributed by atoms with E-state index in [-0.39, 0.29) is 18.3 Å². The van der Waals surface area contributed by atoms with Gasteiger partial charge in [-0.25, -0.2) is 5.84 Å². The Labute approximate surface area is 114 Å². The summed E-state index contributed by atoms with van der Waals surface area (Å²) in [5.74, 6) is 4.74. The number of alkyl halides is 3. The predicted molar refractivity (Wildman–Crippen MR) is 66.7 cm³/mol. The molecule has 0 unspecified atom stereocenters. The molecule has 0 spiro atoms.